The first-order chi connectivity index (χ1) is 15.4. The fourth-order valence-electron chi connectivity index (χ4n) is 4.77. The predicted molar refractivity (Wildman–Crippen MR) is 133 cm³/mol. The van der Waals surface area contributed by atoms with Gasteiger partial charge in [-0.05, 0) is 53.5 Å². The molecule has 32 heavy (non-hydrogen) atoms. The molecule has 1 saturated carbocycles. The lowest BCUT2D eigenvalue weighted by Gasteiger charge is -2.45. The lowest BCUT2D eigenvalue weighted by Crippen LogP contribution is -2.35. The Balaban J connectivity index is 1.58. The van der Waals surface area contributed by atoms with Crippen LogP contribution >= 0.6 is 0 Å². The van der Waals surface area contributed by atoms with Crippen molar-refractivity contribution in [3.63, 3.8) is 0 Å². The molecule has 2 heterocycles. The first kappa shape index (κ1) is 20.7. The van der Waals surface area contributed by atoms with Crippen LogP contribution in [-0.2, 0) is 0 Å². The van der Waals surface area contributed by atoms with Gasteiger partial charge in [0, 0.05) is 17.0 Å². The molecule has 0 aliphatic heterocycles. The van der Waals surface area contributed by atoms with E-state index in [0.29, 0.717) is 17.2 Å². The van der Waals surface area contributed by atoms with E-state index in [-0.39, 0.29) is 0 Å². The molecule has 1 radical (unpaired) electrons. The third-order valence-corrected chi connectivity index (χ3v) is 6.60. The zero-order valence-electron chi connectivity index (χ0n) is 18.9. The Labute approximate surface area is 189 Å². The summed E-state index contributed by atoms with van der Waals surface area (Å²) in [6.07, 6.45) is 2.49. The fraction of sp³-hybridized carbons (Fsp3) is 0.250. The summed E-state index contributed by atoms with van der Waals surface area (Å²) in [5.74, 6) is 8.45. The van der Waals surface area contributed by atoms with Crippen LogP contribution in [0.15, 0.2) is 72.8 Å². The highest BCUT2D eigenvalue weighted by atomic mass is 15.2. The third-order valence-electron chi connectivity index (χ3n) is 6.60. The van der Waals surface area contributed by atoms with Gasteiger partial charge in [-0.1, -0.05) is 75.4 Å². The molecule has 0 bridgehead atoms. The van der Waals surface area contributed by atoms with Gasteiger partial charge < -0.3 is 5.43 Å². The van der Waals surface area contributed by atoms with Crippen LogP contribution < -0.4 is 11.3 Å². The van der Waals surface area contributed by atoms with Gasteiger partial charge in [0.05, 0.1) is 16.7 Å². The second kappa shape index (κ2) is 8.03. The van der Waals surface area contributed by atoms with Gasteiger partial charge in [0.25, 0.3) is 0 Å². The largest absolute Gasteiger partial charge is 0.308 e. The van der Waals surface area contributed by atoms with Crippen molar-refractivity contribution in [3.8, 4) is 22.4 Å². The number of nitrogen functional groups attached to an aromatic ring is 1. The number of nitrogens with one attached hydrogen (secondary N) is 1. The number of hydrazine groups is 1. The molecule has 1 atom stereocenters. The van der Waals surface area contributed by atoms with Crippen molar-refractivity contribution in [1.82, 2.24) is 9.97 Å². The van der Waals surface area contributed by atoms with Crippen LogP contribution in [0.1, 0.15) is 39.2 Å². The first-order valence-electron chi connectivity index (χ1n) is 11.2. The summed E-state index contributed by atoms with van der Waals surface area (Å²) < 4.78 is 0. The standard InChI is InChI=1S/C28H29N4/c1-28(2,3)23-14-13-21(23)19-9-11-20(12-10-19)27-22(18-7-5-4-6-8-18)17-25-24(31-27)15-16-26(30-25)32-29/h4-12,15-17,23H,13-14,29H2,1-3H3,(H,30,32). The molecular weight excluding hydrogens is 392 g/mol. The fourth-order valence-corrected chi connectivity index (χ4v) is 4.77. The molecule has 2 aromatic heterocycles. The van der Waals surface area contributed by atoms with E-state index < -0.39 is 0 Å². The Morgan fingerprint density at radius 3 is 2.16 bits per heavy atom. The molecule has 2 aromatic carbocycles. The topological polar surface area (TPSA) is 63.8 Å². The highest BCUT2D eigenvalue weighted by Crippen LogP contribution is 2.50. The lowest BCUT2D eigenvalue weighted by atomic mass is 9.59. The number of hydrogen-bond donors (Lipinski definition) is 2. The molecule has 0 saturated heterocycles. The molecule has 3 N–H and O–H groups in total. The second-order valence-corrected chi connectivity index (χ2v) is 9.69. The number of nitrogens with zero attached hydrogens (tertiary/aromatic N) is 2. The maximum Gasteiger partial charge on any atom is 0.140 e. The van der Waals surface area contributed by atoms with E-state index >= 15 is 0 Å². The van der Waals surface area contributed by atoms with E-state index in [2.05, 4.69) is 85.8 Å². The van der Waals surface area contributed by atoms with Crippen LogP contribution in [0, 0.1) is 17.3 Å². The number of hydrogen-bond acceptors (Lipinski definition) is 4. The van der Waals surface area contributed by atoms with E-state index in [1.165, 1.54) is 18.4 Å². The Bertz CT molecular complexity index is 1240. The average molecular weight is 422 g/mol. The van der Waals surface area contributed by atoms with Gasteiger partial charge in [0.1, 0.15) is 5.82 Å². The van der Waals surface area contributed by atoms with Gasteiger partial charge in [-0.2, -0.15) is 0 Å². The number of anilines is 1. The van der Waals surface area contributed by atoms with Crippen molar-refractivity contribution in [2.45, 2.75) is 33.6 Å². The normalized spacial score (nSPS) is 16.7. The number of nitrogens with two attached hydrogens (primary N) is 1. The van der Waals surface area contributed by atoms with Gasteiger partial charge in [-0.15, -0.1) is 0 Å². The minimum Gasteiger partial charge on any atom is -0.308 e. The van der Waals surface area contributed by atoms with E-state index in [4.69, 9.17) is 10.8 Å². The van der Waals surface area contributed by atoms with Crippen LogP contribution in [-0.4, -0.2) is 9.97 Å². The molecule has 5 rings (SSSR count). The van der Waals surface area contributed by atoms with E-state index in [1.807, 2.05) is 18.2 Å². The molecule has 1 fully saturated rings. The summed E-state index contributed by atoms with van der Waals surface area (Å²) >= 11 is 0. The predicted octanol–water partition coefficient (Wildman–Crippen LogP) is 6.63. The zero-order valence-corrected chi connectivity index (χ0v) is 18.9. The maximum atomic E-state index is 5.57. The summed E-state index contributed by atoms with van der Waals surface area (Å²) in [6.45, 7) is 7.03. The average Bonchev–Trinajstić information content (AvgIpc) is 2.77. The van der Waals surface area contributed by atoms with E-state index in [9.17, 15) is 0 Å². The second-order valence-electron chi connectivity index (χ2n) is 9.69. The van der Waals surface area contributed by atoms with Crippen molar-refractivity contribution < 1.29 is 0 Å². The number of pyridine rings is 2. The van der Waals surface area contributed by atoms with Crippen LogP contribution in [0.4, 0.5) is 5.82 Å². The Kier molecular flexibility index (Phi) is 5.18. The van der Waals surface area contributed by atoms with Gasteiger partial charge >= 0.3 is 0 Å². The van der Waals surface area contributed by atoms with Crippen LogP contribution in [0.25, 0.3) is 33.4 Å². The Morgan fingerprint density at radius 2 is 1.53 bits per heavy atom. The molecule has 0 amide bonds. The molecule has 1 unspecified atom stereocenters. The number of aromatic nitrogens is 2. The highest BCUT2D eigenvalue weighted by molar-refractivity contribution is 5.90. The van der Waals surface area contributed by atoms with Gasteiger partial charge in [0.15, 0.2) is 0 Å². The van der Waals surface area contributed by atoms with Crippen molar-refractivity contribution >= 4 is 16.9 Å². The van der Waals surface area contributed by atoms with E-state index in [1.54, 1.807) is 5.92 Å². The van der Waals surface area contributed by atoms with Crippen molar-refractivity contribution in [3.05, 3.63) is 84.3 Å². The molecular formula is C28H29N4. The molecule has 4 nitrogen and oxygen atoms in total. The molecule has 4 heteroatoms. The van der Waals surface area contributed by atoms with Crippen molar-refractivity contribution in [1.29, 1.82) is 0 Å². The number of rotatable bonds is 4. The monoisotopic (exact) mass is 421 g/mol. The molecule has 161 valence electrons. The molecule has 1 aliphatic rings. The summed E-state index contributed by atoms with van der Waals surface area (Å²) in [4.78, 5) is 9.62. The zero-order chi connectivity index (χ0) is 22.3. The first-order valence-corrected chi connectivity index (χ1v) is 11.2. The minimum absolute atomic E-state index is 0.316. The summed E-state index contributed by atoms with van der Waals surface area (Å²) in [6, 6.07) is 25.2. The number of benzene rings is 2. The quantitative estimate of drug-likeness (QED) is 0.287. The van der Waals surface area contributed by atoms with Crippen LogP contribution in [0.5, 0.6) is 0 Å². The maximum absolute atomic E-state index is 5.57. The van der Waals surface area contributed by atoms with E-state index in [0.717, 1.165) is 33.4 Å². The highest BCUT2D eigenvalue weighted by Gasteiger charge is 2.40. The van der Waals surface area contributed by atoms with Crippen LogP contribution in [0.3, 0.4) is 0 Å². The van der Waals surface area contributed by atoms with Gasteiger partial charge in [-0.25, -0.2) is 15.8 Å². The Hall–Kier alpha value is -3.24. The molecule has 1 aliphatic carbocycles. The molecule has 0 spiro atoms. The summed E-state index contributed by atoms with van der Waals surface area (Å²) in [7, 11) is 0. The van der Waals surface area contributed by atoms with Crippen LogP contribution in [0.2, 0.25) is 0 Å². The molecule has 4 aromatic rings. The number of fused-ring (bicyclic) bond motifs is 1. The summed E-state index contributed by atoms with van der Waals surface area (Å²) in [5.41, 5.74) is 10.2. The van der Waals surface area contributed by atoms with Gasteiger partial charge in [0.2, 0.25) is 0 Å². The van der Waals surface area contributed by atoms with Gasteiger partial charge in [-0.3, -0.25) is 0 Å². The summed E-state index contributed by atoms with van der Waals surface area (Å²) in [5, 5.41) is 0. The van der Waals surface area contributed by atoms with Crippen molar-refractivity contribution in [2.24, 2.45) is 17.2 Å². The third kappa shape index (κ3) is 3.76. The SMILES string of the molecule is CC(C)(C)C1CC[C]1c1ccc(-c2nc3ccc(NN)nc3cc2-c2ccccc2)cc1. The minimum atomic E-state index is 0.316. The lowest BCUT2D eigenvalue weighted by molar-refractivity contribution is 0.180. The Morgan fingerprint density at radius 1 is 0.812 bits per heavy atom. The smallest absolute Gasteiger partial charge is 0.140 e. The van der Waals surface area contributed by atoms with Crippen molar-refractivity contribution in [2.75, 3.05) is 5.43 Å².